The molecule has 0 saturated carbocycles. The third-order valence-electron chi connectivity index (χ3n) is 5.13. The zero-order chi connectivity index (χ0) is 24.8. The predicted octanol–water partition coefficient (Wildman–Crippen LogP) is 6.92. The van der Waals surface area contributed by atoms with E-state index in [1.807, 2.05) is 18.5 Å². The first kappa shape index (κ1) is 33.4. The first-order valence-corrected chi connectivity index (χ1v) is 14.5. The molecule has 0 aliphatic rings. The summed E-state index contributed by atoms with van der Waals surface area (Å²) in [6.45, 7) is 18.2. The Labute approximate surface area is 201 Å². The first-order chi connectivity index (χ1) is 15.2. The third-order valence-corrected chi connectivity index (χ3v) is 5.88. The van der Waals surface area contributed by atoms with Crippen LogP contribution < -0.4 is 0 Å². The molecule has 1 heterocycles. The van der Waals surface area contributed by atoms with Gasteiger partial charge in [-0.3, -0.25) is 4.68 Å². The van der Waals surface area contributed by atoms with Gasteiger partial charge in [-0.15, -0.1) is 13.7 Å². The fraction of sp³-hybridized carbons (Fsp3) is 0.885. The van der Waals surface area contributed by atoms with Crippen LogP contribution in [0.1, 0.15) is 112 Å². The molecular formula is C26H54N3O2P. The minimum atomic E-state index is 0.243. The Kier molecular flexibility index (Phi) is 23.0. The summed E-state index contributed by atoms with van der Waals surface area (Å²) in [4.78, 5) is 10.5. The number of aromatic nitrogens is 3. The summed E-state index contributed by atoms with van der Waals surface area (Å²) in [6.07, 6.45) is 14.4. The van der Waals surface area contributed by atoms with Crippen molar-refractivity contribution in [1.29, 1.82) is 0 Å². The number of ketones is 1. The molecule has 1 atom stereocenters. The number of aliphatic hydroxyl groups is 1. The summed E-state index contributed by atoms with van der Waals surface area (Å²) in [5.74, 6) is 1.14. The molecule has 1 unspecified atom stereocenters. The summed E-state index contributed by atoms with van der Waals surface area (Å²) in [7, 11) is 0.984. The molecule has 0 aliphatic carbocycles. The van der Waals surface area contributed by atoms with Crippen molar-refractivity contribution < 1.29 is 9.90 Å². The van der Waals surface area contributed by atoms with Crippen LogP contribution >= 0.6 is 8.58 Å². The molecular weight excluding hydrogens is 417 g/mol. The van der Waals surface area contributed by atoms with Crippen molar-refractivity contribution in [3.8, 4) is 0 Å². The molecule has 0 fully saturated rings. The van der Waals surface area contributed by atoms with Crippen LogP contribution in [-0.4, -0.2) is 45.3 Å². The number of carbonyl (C=O) groups is 1. The van der Waals surface area contributed by atoms with Crippen LogP contribution in [0.5, 0.6) is 0 Å². The molecule has 1 aromatic rings. The van der Waals surface area contributed by atoms with Gasteiger partial charge in [0, 0.05) is 25.8 Å². The van der Waals surface area contributed by atoms with Crippen LogP contribution in [0.4, 0.5) is 0 Å². The van der Waals surface area contributed by atoms with Crippen molar-refractivity contribution in [3.05, 3.63) is 11.9 Å². The second-order valence-electron chi connectivity index (χ2n) is 9.65. The summed E-state index contributed by atoms with van der Waals surface area (Å²) >= 11 is 0. The topological polar surface area (TPSA) is 68.0 Å². The van der Waals surface area contributed by atoms with Crippen LogP contribution in [0.15, 0.2) is 6.20 Å². The number of aliphatic hydroxyl groups excluding tert-OH is 1. The molecule has 32 heavy (non-hydrogen) atoms. The highest BCUT2D eigenvalue weighted by Crippen LogP contribution is 2.25. The average molecular weight is 472 g/mol. The normalized spacial score (nSPS) is 11.3. The molecule has 0 bridgehead atoms. The number of Topliss-reactive ketones (excluding diaryl/α,β-unsaturated/α-hetero) is 1. The third kappa shape index (κ3) is 22.4. The van der Waals surface area contributed by atoms with E-state index in [0.717, 1.165) is 58.8 Å². The van der Waals surface area contributed by atoms with E-state index < -0.39 is 0 Å². The molecule has 6 heteroatoms. The van der Waals surface area contributed by atoms with Crippen molar-refractivity contribution >= 4 is 14.4 Å². The lowest BCUT2D eigenvalue weighted by atomic mass is 9.87. The van der Waals surface area contributed by atoms with Gasteiger partial charge >= 0.3 is 0 Å². The largest absolute Gasteiger partial charge is 0.396 e. The quantitative estimate of drug-likeness (QED) is 0.210. The van der Waals surface area contributed by atoms with Gasteiger partial charge in [-0.2, -0.15) is 0 Å². The molecule has 0 saturated heterocycles. The molecule has 1 N–H and O–H groups in total. The summed E-state index contributed by atoms with van der Waals surface area (Å²) in [5.41, 5.74) is 1.36. The SMILES string of the molecule is CC.CC(=O)CCCCCC(C)C.CPCCc1cn(CC(C)(C)CCCCCO)nn1. The van der Waals surface area contributed by atoms with Gasteiger partial charge in [0.1, 0.15) is 5.78 Å². The summed E-state index contributed by atoms with van der Waals surface area (Å²) in [6, 6.07) is 0. The van der Waals surface area contributed by atoms with Crippen molar-refractivity contribution in [2.45, 2.75) is 119 Å². The van der Waals surface area contributed by atoms with Gasteiger partial charge < -0.3 is 9.90 Å². The second-order valence-corrected chi connectivity index (χ2v) is 10.9. The number of carbonyl (C=O) groups excluding carboxylic acids is 1. The van der Waals surface area contributed by atoms with Crippen LogP contribution in [0.2, 0.25) is 0 Å². The first-order valence-electron chi connectivity index (χ1n) is 12.8. The van der Waals surface area contributed by atoms with E-state index in [0.29, 0.717) is 12.4 Å². The van der Waals surface area contributed by atoms with Gasteiger partial charge in [-0.25, -0.2) is 0 Å². The van der Waals surface area contributed by atoms with Crippen LogP contribution in [0.25, 0.3) is 0 Å². The highest BCUT2D eigenvalue weighted by atomic mass is 31.1. The van der Waals surface area contributed by atoms with E-state index in [2.05, 4.69) is 50.9 Å². The van der Waals surface area contributed by atoms with Gasteiger partial charge in [0.15, 0.2) is 0 Å². The predicted molar refractivity (Wildman–Crippen MR) is 142 cm³/mol. The van der Waals surface area contributed by atoms with Gasteiger partial charge in [-0.1, -0.05) is 78.9 Å². The van der Waals surface area contributed by atoms with E-state index >= 15 is 0 Å². The van der Waals surface area contributed by atoms with E-state index in [1.54, 1.807) is 6.92 Å². The Morgan fingerprint density at radius 3 is 2.34 bits per heavy atom. The Hall–Kier alpha value is -0.800. The van der Waals surface area contributed by atoms with Crippen molar-refractivity contribution in [2.75, 3.05) is 19.4 Å². The maximum absolute atomic E-state index is 10.5. The van der Waals surface area contributed by atoms with Crippen molar-refractivity contribution in [3.63, 3.8) is 0 Å². The minimum absolute atomic E-state index is 0.243. The minimum Gasteiger partial charge on any atom is -0.396 e. The van der Waals surface area contributed by atoms with Crippen LogP contribution in [0, 0.1) is 11.3 Å². The van der Waals surface area contributed by atoms with Gasteiger partial charge in [-0.05, 0) is 56.8 Å². The molecule has 0 aliphatic heterocycles. The van der Waals surface area contributed by atoms with Crippen LogP contribution in [0.3, 0.4) is 0 Å². The summed E-state index contributed by atoms with van der Waals surface area (Å²) < 4.78 is 1.99. The molecule has 5 nitrogen and oxygen atoms in total. The number of hydrogen-bond donors (Lipinski definition) is 1. The zero-order valence-electron chi connectivity index (χ0n) is 22.5. The lowest BCUT2D eigenvalue weighted by Crippen LogP contribution is -2.20. The molecule has 0 aromatic carbocycles. The van der Waals surface area contributed by atoms with Crippen LogP contribution in [-0.2, 0) is 17.8 Å². The fourth-order valence-electron chi connectivity index (χ4n) is 3.30. The van der Waals surface area contributed by atoms with Gasteiger partial charge in [0.25, 0.3) is 0 Å². The Balaban J connectivity index is 0. The van der Waals surface area contributed by atoms with E-state index in [-0.39, 0.29) is 5.41 Å². The number of nitrogens with zero attached hydrogens (tertiary/aromatic N) is 3. The lowest BCUT2D eigenvalue weighted by molar-refractivity contribution is -0.117. The van der Waals surface area contributed by atoms with Crippen molar-refractivity contribution in [1.82, 2.24) is 15.0 Å². The Morgan fingerprint density at radius 1 is 1.12 bits per heavy atom. The van der Waals surface area contributed by atoms with Gasteiger partial charge in [0.05, 0.1) is 5.69 Å². The average Bonchev–Trinajstić information content (AvgIpc) is 3.17. The molecule has 1 aromatic heterocycles. The molecule has 0 amide bonds. The number of hydrogen-bond acceptors (Lipinski definition) is 4. The number of rotatable bonds is 16. The fourth-order valence-corrected chi connectivity index (χ4v) is 3.80. The molecule has 0 spiro atoms. The van der Waals surface area contributed by atoms with E-state index in [4.69, 9.17) is 5.11 Å². The molecule has 0 radical (unpaired) electrons. The van der Waals surface area contributed by atoms with E-state index in [1.165, 1.54) is 38.3 Å². The lowest BCUT2D eigenvalue weighted by Gasteiger charge is -2.24. The standard InChI is InChI=1S/C14H28N3OP.C10H20O.C2H6/c1-14(2,8-5-4-6-9-18)12-17-11-13(15-16-17)7-10-19-3;1-9(2)7-5-4-6-8-10(3)11;1-2/h11,18-19H,4-10,12H2,1-3H3;9H,4-8H2,1-3H3;1-2H3. The summed E-state index contributed by atoms with van der Waals surface area (Å²) in [5, 5.41) is 17.2. The number of aryl methyl sites for hydroxylation is 1. The highest BCUT2D eigenvalue weighted by molar-refractivity contribution is 7.36. The van der Waals surface area contributed by atoms with Gasteiger partial charge in [0.2, 0.25) is 0 Å². The van der Waals surface area contributed by atoms with Crippen molar-refractivity contribution in [2.24, 2.45) is 11.3 Å². The molecule has 1 rings (SSSR count). The van der Waals surface area contributed by atoms with E-state index in [9.17, 15) is 4.79 Å². The smallest absolute Gasteiger partial charge is 0.129 e. The Bertz CT molecular complexity index is 545. The highest BCUT2D eigenvalue weighted by Gasteiger charge is 2.19. The number of unbranched alkanes of at least 4 members (excludes halogenated alkanes) is 4. The maximum atomic E-state index is 10.5. The Morgan fingerprint density at radius 2 is 1.78 bits per heavy atom. The second kappa shape index (κ2) is 22.0. The molecule has 190 valence electrons. The monoisotopic (exact) mass is 471 g/mol. The zero-order valence-corrected chi connectivity index (χ0v) is 23.5. The maximum Gasteiger partial charge on any atom is 0.129 e.